The van der Waals surface area contributed by atoms with E-state index in [1.54, 1.807) is 0 Å². The van der Waals surface area contributed by atoms with E-state index in [1.165, 1.54) is 37.9 Å². The Morgan fingerprint density at radius 1 is 1.36 bits per heavy atom. The van der Waals surface area contributed by atoms with Crippen molar-refractivity contribution in [1.29, 1.82) is 0 Å². The molecule has 1 fully saturated rings. The molecule has 14 heavy (non-hydrogen) atoms. The minimum atomic E-state index is 0.891. The van der Waals surface area contributed by atoms with Crippen molar-refractivity contribution in [2.45, 2.75) is 25.7 Å². The van der Waals surface area contributed by atoms with Gasteiger partial charge in [0, 0.05) is 18.8 Å². The molecule has 76 valence electrons. The molecule has 1 saturated heterocycles. The first-order valence-corrected chi connectivity index (χ1v) is 5.52. The van der Waals surface area contributed by atoms with Gasteiger partial charge < -0.3 is 5.32 Å². The number of hydrogen-bond donors (Lipinski definition) is 1. The van der Waals surface area contributed by atoms with Gasteiger partial charge in [-0.15, -0.1) is 0 Å². The van der Waals surface area contributed by atoms with Crippen molar-refractivity contribution >= 4 is 6.21 Å². The van der Waals surface area contributed by atoms with Crippen LogP contribution in [-0.2, 0) is 0 Å². The van der Waals surface area contributed by atoms with E-state index in [0.717, 1.165) is 12.3 Å². The third-order valence-corrected chi connectivity index (χ3v) is 2.97. The maximum absolute atomic E-state index is 4.14. The van der Waals surface area contributed by atoms with Gasteiger partial charge in [0.2, 0.25) is 0 Å². The molecule has 2 rings (SSSR count). The number of hydrogen-bond acceptors (Lipinski definition) is 2. The Hall–Kier alpha value is -0.890. The van der Waals surface area contributed by atoms with Crippen molar-refractivity contribution in [3.8, 4) is 0 Å². The van der Waals surface area contributed by atoms with Crippen LogP contribution in [0.15, 0.2) is 28.9 Å². The van der Waals surface area contributed by atoms with Crippen molar-refractivity contribution < 1.29 is 0 Å². The molecule has 0 saturated carbocycles. The largest absolute Gasteiger partial charge is 0.317 e. The minimum Gasteiger partial charge on any atom is -0.317 e. The molecule has 0 unspecified atom stereocenters. The Balaban J connectivity index is 1.86. The summed E-state index contributed by atoms with van der Waals surface area (Å²) in [5, 5.41) is 3.40. The zero-order valence-electron chi connectivity index (χ0n) is 8.58. The minimum absolute atomic E-state index is 0.891. The van der Waals surface area contributed by atoms with Crippen LogP contribution in [0.1, 0.15) is 25.7 Å². The molecule has 0 radical (unpaired) electrons. The Kier molecular flexibility index (Phi) is 3.52. The molecule has 0 aliphatic carbocycles. The van der Waals surface area contributed by atoms with Crippen LogP contribution in [0, 0.1) is 5.92 Å². The topological polar surface area (TPSA) is 24.4 Å². The molecule has 0 aromatic heterocycles. The number of piperidine rings is 1. The predicted octanol–water partition coefficient (Wildman–Crippen LogP) is 2.29. The molecule has 0 aromatic rings. The second kappa shape index (κ2) is 5.11. The molecule has 2 heteroatoms. The molecular formula is C12H18N2. The Morgan fingerprint density at radius 2 is 2.21 bits per heavy atom. The van der Waals surface area contributed by atoms with Gasteiger partial charge in [-0.25, -0.2) is 0 Å². The zero-order valence-corrected chi connectivity index (χ0v) is 8.58. The number of aliphatic imine (C=N–C) groups is 1. The summed E-state index contributed by atoms with van der Waals surface area (Å²) in [7, 11) is 0. The van der Waals surface area contributed by atoms with E-state index in [2.05, 4.69) is 22.5 Å². The van der Waals surface area contributed by atoms with E-state index in [9.17, 15) is 0 Å². The third-order valence-electron chi connectivity index (χ3n) is 2.97. The number of nitrogens with one attached hydrogen (secondary N) is 1. The summed E-state index contributed by atoms with van der Waals surface area (Å²) in [5.41, 5.74) is 1.54. The standard InChI is InChI=1S/C12H18N2/c1-2-11(3-7-13-6-1)10-12-4-8-14-9-5-12/h1-2,6-7,12,14H,3-5,8-10H2. The number of allylic oxidation sites excluding steroid dienone is 3. The number of nitrogens with zero attached hydrogens (tertiary/aromatic N) is 1. The normalized spacial score (nSPS) is 23.3. The molecule has 2 aliphatic heterocycles. The van der Waals surface area contributed by atoms with Gasteiger partial charge >= 0.3 is 0 Å². The lowest BCUT2D eigenvalue weighted by molar-refractivity contribution is 0.371. The van der Waals surface area contributed by atoms with Gasteiger partial charge in [0.05, 0.1) is 0 Å². The van der Waals surface area contributed by atoms with E-state index in [4.69, 9.17) is 0 Å². The van der Waals surface area contributed by atoms with Crippen LogP contribution in [0.2, 0.25) is 0 Å². The highest BCUT2D eigenvalue weighted by Gasteiger charge is 2.14. The molecule has 2 heterocycles. The SMILES string of the molecule is C1=CN=CCC(CC2CCNCC2)=C1. The molecule has 0 atom stereocenters. The molecule has 2 aliphatic rings. The fraction of sp³-hybridized carbons (Fsp3) is 0.583. The summed E-state index contributed by atoms with van der Waals surface area (Å²) < 4.78 is 0. The van der Waals surface area contributed by atoms with E-state index < -0.39 is 0 Å². The van der Waals surface area contributed by atoms with E-state index >= 15 is 0 Å². The lowest BCUT2D eigenvalue weighted by Crippen LogP contribution is -2.27. The van der Waals surface area contributed by atoms with Crippen LogP contribution in [0.3, 0.4) is 0 Å². The highest BCUT2D eigenvalue weighted by molar-refractivity contribution is 5.63. The molecule has 0 amide bonds. The first-order valence-electron chi connectivity index (χ1n) is 5.52. The van der Waals surface area contributed by atoms with Crippen molar-refractivity contribution in [3.63, 3.8) is 0 Å². The van der Waals surface area contributed by atoms with Gasteiger partial charge in [0.1, 0.15) is 0 Å². The van der Waals surface area contributed by atoms with Gasteiger partial charge in [-0.1, -0.05) is 11.6 Å². The summed E-state index contributed by atoms with van der Waals surface area (Å²) in [6.45, 7) is 2.39. The van der Waals surface area contributed by atoms with Crippen LogP contribution in [-0.4, -0.2) is 19.3 Å². The quantitative estimate of drug-likeness (QED) is 0.710. The summed E-state index contributed by atoms with van der Waals surface area (Å²) in [5.74, 6) is 0.891. The zero-order chi connectivity index (χ0) is 9.64. The molecule has 0 bridgehead atoms. The van der Waals surface area contributed by atoms with E-state index in [1.807, 2.05) is 12.4 Å². The summed E-state index contributed by atoms with van der Waals surface area (Å²) >= 11 is 0. The first kappa shape index (κ1) is 9.66. The van der Waals surface area contributed by atoms with E-state index in [0.29, 0.717) is 0 Å². The van der Waals surface area contributed by atoms with Crippen molar-refractivity contribution in [3.05, 3.63) is 23.9 Å². The Morgan fingerprint density at radius 3 is 3.07 bits per heavy atom. The average Bonchev–Trinajstić information content (AvgIpc) is 2.48. The smallest absolute Gasteiger partial charge is 0.0263 e. The molecular weight excluding hydrogens is 172 g/mol. The summed E-state index contributed by atoms with van der Waals surface area (Å²) in [4.78, 5) is 4.14. The van der Waals surface area contributed by atoms with Crippen LogP contribution >= 0.6 is 0 Å². The fourth-order valence-corrected chi connectivity index (χ4v) is 2.14. The lowest BCUT2D eigenvalue weighted by atomic mass is 9.90. The average molecular weight is 190 g/mol. The maximum atomic E-state index is 4.14. The van der Waals surface area contributed by atoms with Gasteiger partial charge in [-0.05, 0) is 44.3 Å². The van der Waals surface area contributed by atoms with Crippen LogP contribution in [0.4, 0.5) is 0 Å². The predicted molar refractivity (Wildman–Crippen MR) is 60.5 cm³/mol. The molecule has 0 aromatic carbocycles. The van der Waals surface area contributed by atoms with Crippen molar-refractivity contribution in [2.75, 3.05) is 13.1 Å². The van der Waals surface area contributed by atoms with Crippen LogP contribution < -0.4 is 5.32 Å². The van der Waals surface area contributed by atoms with Gasteiger partial charge in [-0.3, -0.25) is 4.99 Å². The van der Waals surface area contributed by atoms with Gasteiger partial charge in [0.25, 0.3) is 0 Å². The van der Waals surface area contributed by atoms with Crippen LogP contribution in [0.5, 0.6) is 0 Å². The lowest BCUT2D eigenvalue weighted by Gasteiger charge is -2.23. The Labute approximate surface area is 85.8 Å². The molecule has 0 spiro atoms. The van der Waals surface area contributed by atoms with Crippen molar-refractivity contribution in [1.82, 2.24) is 5.32 Å². The number of rotatable bonds is 2. The highest BCUT2D eigenvalue weighted by atomic mass is 14.9. The van der Waals surface area contributed by atoms with Crippen molar-refractivity contribution in [2.24, 2.45) is 10.9 Å². The van der Waals surface area contributed by atoms with Crippen LogP contribution in [0.25, 0.3) is 0 Å². The monoisotopic (exact) mass is 190 g/mol. The maximum Gasteiger partial charge on any atom is 0.0263 e. The highest BCUT2D eigenvalue weighted by Crippen LogP contribution is 2.22. The third kappa shape index (κ3) is 2.81. The molecule has 1 N–H and O–H groups in total. The second-order valence-corrected chi connectivity index (χ2v) is 4.10. The Bertz CT molecular complexity index is 257. The van der Waals surface area contributed by atoms with Gasteiger partial charge in [0.15, 0.2) is 0 Å². The molecule has 2 nitrogen and oxygen atoms in total. The fourth-order valence-electron chi connectivity index (χ4n) is 2.14. The second-order valence-electron chi connectivity index (χ2n) is 4.10. The summed E-state index contributed by atoms with van der Waals surface area (Å²) in [6, 6.07) is 0. The van der Waals surface area contributed by atoms with Gasteiger partial charge in [-0.2, -0.15) is 0 Å². The summed E-state index contributed by atoms with van der Waals surface area (Å²) in [6.07, 6.45) is 13.1. The first-order chi connectivity index (χ1) is 6.95. The van der Waals surface area contributed by atoms with E-state index in [-0.39, 0.29) is 0 Å².